The predicted octanol–water partition coefficient (Wildman–Crippen LogP) is 5.15. The first-order valence-electron chi connectivity index (χ1n) is 13.9. The Morgan fingerprint density at radius 2 is 1.10 bits per heavy atom. The van der Waals surface area contributed by atoms with Crippen LogP contribution in [0.1, 0.15) is 51.7 Å². The predicted molar refractivity (Wildman–Crippen MR) is 172 cm³/mol. The van der Waals surface area contributed by atoms with Gasteiger partial charge in [0.2, 0.25) is 0 Å². The maximum atomic E-state index is 2.35. The Hall–Kier alpha value is -1.96. The largest absolute Gasteiger partial charge is 1.00 e. The summed E-state index contributed by atoms with van der Waals surface area (Å²) in [5.74, 6) is 0.573. The van der Waals surface area contributed by atoms with E-state index < -0.39 is 0 Å². The monoisotopic (exact) mass is 672 g/mol. The maximum Gasteiger partial charge on any atom is -0.0771 e. The third-order valence-corrected chi connectivity index (χ3v) is 7.02. The Bertz CT molecular complexity index is 1640. The van der Waals surface area contributed by atoms with Gasteiger partial charge in [-0.05, 0) is 22.5 Å². The number of benzene rings is 4. The minimum absolute atomic E-state index is 0. The molecule has 0 amide bonds. The molecule has 6 aromatic rings. The molecule has 0 spiro atoms. The van der Waals surface area contributed by atoms with E-state index in [1.807, 2.05) is 0 Å². The number of hydrogen-bond donors (Lipinski definition) is 0. The third kappa shape index (κ3) is 9.01. The molecule has 4 heteroatoms. The van der Waals surface area contributed by atoms with Crippen LogP contribution in [0.5, 0.6) is 0 Å². The first-order valence-corrected chi connectivity index (χ1v) is 20.1. The Morgan fingerprint density at radius 3 is 1.59 bits per heavy atom. The summed E-state index contributed by atoms with van der Waals surface area (Å²) in [6, 6.07) is 39.6. The van der Waals surface area contributed by atoms with Crippen molar-refractivity contribution in [1.82, 2.24) is 0 Å². The Balaban J connectivity index is 0.000000263. The van der Waals surface area contributed by atoms with Crippen LogP contribution in [0, 0.1) is 0 Å². The Labute approximate surface area is 274 Å². The summed E-state index contributed by atoms with van der Waals surface area (Å²) in [4.78, 5) is 0. The molecule has 212 valence electrons. The molecule has 6 rings (SSSR count). The Kier molecular flexibility index (Phi) is 13.3. The molecule has 0 atom stereocenters. The number of halogens is 2. The smallest absolute Gasteiger partial charge is 0.0771 e. The standard InChI is InChI=1S/C22H25.C13H9.C2H6Si.2ClH.Zr/c1-15(2)18-13-17-7-6-8-20(21(17)14-18)16-9-11-19(12-10-16)22(3,4)5;1-3-7-12-10(5-1)9-11-6-2-4-8-13(11)12;1-3-2;;;/h6-15H,1-5H3;1-9H;1-2H3;2*1H;/q2*-1;;;;+2/p-2. The van der Waals surface area contributed by atoms with Gasteiger partial charge in [0, 0.05) is 0 Å². The summed E-state index contributed by atoms with van der Waals surface area (Å²) in [6.07, 6.45) is 0. The second-order valence-corrected chi connectivity index (χ2v) is 21.3. The number of rotatable bonds is 2. The first-order chi connectivity index (χ1) is 18.5. The average Bonchev–Trinajstić information content (AvgIpc) is 3.50. The number of hydrogen-bond acceptors (Lipinski definition) is 0. The van der Waals surface area contributed by atoms with Crippen LogP contribution in [-0.4, -0.2) is 5.43 Å². The van der Waals surface area contributed by atoms with E-state index in [0.29, 0.717) is 5.92 Å². The van der Waals surface area contributed by atoms with E-state index in [4.69, 9.17) is 0 Å². The van der Waals surface area contributed by atoms with Crippen LogP contribution < -0.4 is 24.8 Å². The van der Waals surface area contributed by atoms with Gasteiger partial charge in [0.25, 0.3) is 0 Å². The molecule has 0 aliphatic rings. The molecule has 0 aliphatic heterocycles. The molecular weight excluding hydrogens is 635 g/mol. The molecule has 0 fully saturated rings. The van der Waals surface area contributed by atoms with E-state index >= 15 is 0 Å². The third-order valence-electron chi connectivity index (χ3n) is 7.02. The van der Waals surface area contributed by atoms with Crippen LogP contribution in [0.2, 0.25) is 13.1 Å². The average molecular weight is 675 g/mol. The summed E-state index contributed by atoms with van der Waals surface area (Å²) in [7, 11) is 0. The summed E-state index contributed by atoms with van der Waals surface area (Å²) < 4.78 is 0. The van der Waals surface area contributed by atoms with E-state index in [-0.39, 0.29) is 35.7 Å². The van der Waals surface area contributed by atoms with Gasteiger partial charge in [0.15, 0.2) is 0 Å². The minimum atomic E-state index is 0. The second kappa shape index (κ2) is 15.5. The van der Waals surface area contributed by atoms with Gasteiger partial charge in [0.1, 0.15) is 0 Å². The first kappa shape index (κ1) is 35.2. The topological polar surface area (TPSA) is 0 Å². The van der Waals surface area contributed by atoms with Crippen molar-refractivity contribution in [2.75, 3.05) is 0 Å². The Morgan fingerprint density at radius 1 is 0.634 bits per heavy atom. The summed E-state index contributed by atoms with van der Waals surface area (Å²) in [5, 5.41) is 8.11. The molecule has 0 aliphatic carbocycles. The van der Waals surface area contributed by atoms with E-state index in [9.17, 15) is 0 Å². The maximum absolute atomic E-state index is 2.35. The van der Waals surface area contributed by atoms with Gasteiger partial charge in [-0.2, -0.15) is 6.07 Å². The van der Waals surface area contributed by atoms with Gasteiger partial charge in [0.05, 0.1) is 0 Å². The van der Waals surface area contributed by atoms with Crippen LogP contribution in [0.4, 0.5) is 0 Å². The van der Waals surface area contributed by atoms with Gasteiger partial charge in [-0.3, -0.25) is 0 Å². The molecule has 0 unspecified atom stereocenters. The van der Waals surface area contributed by atoms with Gasteiger partial charge in [-0.15, -0.1) is 74.3 Å². The molecule has 0 aromatic heterocycles. The molecule has 0 N–H and O–H groups in total. The van der Waals surface area contributed by atoms with Gasteiger partial charge in [-0.25, -0.2) is 0 Å². The summed E-state index contributed by atoms with van der Waals surface area (Å²) >= 11 is 1.74. The van der Waals surface area contributed by atoms with E-state index in [1.165, 1.54) is 54.6 Å². The van der Waals surface area contributed by atoms with Crippen molar-refractivity contribution < 1.29 is 48.1 Å². The van der Waals surface area contributed by atoms with Crippen molar-refractivity contribution in [3.8, 4) is 11.1 Å². The molecule has 0 bridgehead atoms. The van der Waals surface area contributed by atoms with Gasteiger partial charge < -0.3 is 24.8 Å². The fourth-order valence-electron chi connectivity index (χ4n) is 4.90. The van der Waals surface area contributed by atoms with Crippen molar-refractivity contribution in [2.24, 2.45) is 0 Å². The zero-order valence-corrected chi connectivity index (χ0v) is 30.2. The fraction of sp³-hybridized carbons (Fsp3) is 0.243. The van der Waals surface area contributed by atoms with Crippen LogP contribution in [0.3, 0.4) is 0 Å². The van der Waals surface area contributed by atoms with Crippen LogP contribution >= 0.6 is 0 Å². The van der Waals surface area contributed by atoms with Crippen molar-refractivity contribution in [3.05, 3.63) is 120 Å². The molecular formula is C37H40Cl2SiZr-2. The summed E-state index contributed by atoms with van der Waals surface area (Å²) in [5.41, 5.74) is 5.87. The second-order valence-electron chi connectivity index (χ2n) is 11.9. The molecule has 0 saturated carbocycles. The van der Waals surface area contributed by atoms with Crippen LogP contribution in [-0.2, 0) is 28.8 Å². The van der Waals surface area contributed by atoms with Crippen LogP contribution in [0.25, 0.3) is 43.4 Å². The zero-order chi connectivity index (χ0) is 28.2. The minimum Gasteiger partial charge on any atom is -1.00 e. The fourth-order valence-corrected chi connectivity index (χ4v) is 4.90. The van der Waals surface area contributed by atoms with Gasteiger partial charge in [-0.1, -0.05) is 107 Å². The zero-order valence-electron chi connectivity index (χ0n) is 25.2. The van der Waals surface area contributed by atoms with Crippen molar-refractivity contribution >= 4 is 37.8 Å². The SMILES string of the molecule is CC(C)c1cc2c(-c3ccc(C(C)(C)C)cc3)cccc2[cH-]1.C[Si](C)=[Zr+2].[Cl-].[Cl-].c1ccc2c(c1)[cH-]c1ccccc12. The molecule has 0 radical (unpaired) electrons. The van der Waals surface area contributed by atoms with Gasteiger partial charge >= 0.3 is 41.9 Å². The van der Waals surface area contributed by atoms with Crippen molar-refractivity contribution in [2.45, 2.75) is 59.0 Å². The molecule has 6 aromatic carbocycles. The molecule has 0 heterocycles. The molecule has 41 heavy (non-hydrogen) atoms. The quantitative estimate of drug-likeness (QED) is 0.176. The summed E-state index contributed by atoms with van der Waals surface area (Å²) in [6.45, 7) is 15.9. The van der Waals surface area contributed by atoms with Crippen molar-refractivity contribution in [3.63, 3.8) is 0 Å². The van der Waals surface area contributed by atoms with Crippen LogP contribution in [0.15, 0.2) is 109 Å². The normalized spacial score (nSPS) is 10.8. The molecule has 0 saturated heterocycles. The van der Waals surface area contributed by atoms with E-state index in [1.54, 1.807) is 23.3 Å². The van der Waals surface area contributed by atoms with E-state index in [0.717, 1.165) is 0 Å². The van der Waals surface area contributed by atoms with Crippen molar-refractivity contribution in [1.29, 1.82) is 0 Å². The number of fused-ring (bicyclic) bond motifs is 4. The van der Waals surface area contributed by atoms with E-state index in [2.05, 4.69) is 157 Å². The molecule has 0 nitrogen and oxygen atoms in total.